The number of carbonyl (C=O) groups is 2. The first-order valence-corrected chi connectivity index (χ1v) is 23.8. The van der Waals surface area contributed by atoms with Crippen LogP contribution in [-0.2, 0) is 38.0 Å². The smallest absolute Gasteiger partial charge is 0.310 e. The third kappa shape index (κ3) is 8.12. The van der Waals surface area contributed by atoms with E-state index in [1.54, 1.807) is 27.2 Å². The Labute approximate surface area is 418 Å². The van der Waals surface area contributed by atoms with Gasteiger partial charge in [0.05, 0.1) is 86.5 Å². The first kappa shape index (κ1) is 48.8. The average Bonchev–Trinajstić information content (AvgIpc) is 4.24. The molecular formula is C52H56O21. The van der Waals surface area contributed by atoms with E-state index in [0.717, 1.165) is 22.3 Å². The molecule has 390 valence electrons. The Morgan fingerprint density at radius 1 is 0.507 bits per heavy atom. The maximum Gasteiger partial charge on any atom is 0.310 e. The summed E-state index contributed by atoms with van der Waals surface area (Å²) in [5.74, 6) is 1.28. The van der Waals surface area contributed by atoms with Gasteiger partial charge in [-0.15, -0.1) is 0 Å². The van der Waals surface area contributed by atoms with Crippen LogP contribution in [-0.4, -0.2) is 140 Å². The molecule has 2 aliphatic carbocycles. The van der Waals surface area contributed by atoms with Crippen molar-refractivity contribution in [1.82, 2.24) is 0 Å². The highest BCUT2D eigenvalue weighted by Crippen LogP contribution is 2.58. The molecule has 4 fully saturated rings. The Bertz CT molecular complexity index is 2730. The summed E-state index contributed by atoms with van der Waals surface area (Å²) in [5.41, 5.74) is 4.48. The minimum absolute atomic E-state index is 0.0473. The molecule has 21 nitrogen and oxygen atoms in total. The predicted molar refractivity (Wildman–Crippen MR) is 247 cm³/mol. The summed E-state index contributed by atoms with van der Waals surface area (Å²) in [6, 6.07) is 14.6. The number of ether oxygens (including phenoxy) is 16. The minimum atomic E-state index is -1.42. The summed E-state index contributed by atoms with van der Waals surface area (Å²) < 4.78 is 90.6. The number of hydrogen-bond donors (Lipinski definition) is 3. The van der Waals surface area contributed by atoms with Crippen molar-refractivity contribution in [3.05, 3.63) is 81.9 Å². The third-order valence-corrected chi connectivity index (χ3v) is 15.1. The summed E-state index contributed by atoms with van der Waals surface area (Å²) in [7, 11) is 9.21. The second-order valence-corrected chi connectivity index (χ2v) is 18.7. The van der Waals surface area contributed by atoms with Gasteiger partial charge in [0.2, 0.25) is 25.1 Å². The highest BCUT2D eigenvalue weighted by Gasteiger charge is 2.57. The molecule has 0 bridgehead atoms. The number of hydrogen-bond acceptors (Lipinski definition) is 21. The largest absolute Gasteiger partial charge is 0.493 e. The normalized spacial score (nSPS) is 31.8. The average molecular weight is 1020 g/mol. The molecule has 3 N–H and O–H groups in total. The molecule has 6 aliphatic heterocycles. The topological polar surface area (TPSA) is 243 Å². The molecule has 0 radical (unpaired) electrons. The van der Waals surface area contributed by atoms with Crippen LogP contribution in [0.2, 0.25) is 0 Å². The van der Waals surface area contributed by atoms with Crippen LogP contribution in [0.4, 0.5) is 0 Å². The van der Waals surface area contributed by atoms with E-state index < -0.39 is 78.8 Å². The van der Waals surface area contributed by atoms with Gasteiger partial charge in [-0.3, -0.25) is 9.59 Å². The van der Waals surface area contributed by atoms with E-state index in [0.29, 0.717) is 68.6 Å². The maximum absolute atomic E-state index is 13.5. The first-order valence-electron chi connectivity index (χ1n) is 23.8. The number of rotatable bonds is 10. The van der Waals surface area contributed by atoms with Gasteiger partial charge in [0, 0.05) is 23.7 Å². The zero-order chi connectivity index (χ0) is 51.0. The third-order valence-electron chi connectivity index (χ3n) is 15.1. The summed E-state index contributed by atoms with van der Waals surface area (Å²) in [6.07, 6.45) is -7.55. The maximum atomic E-state index is 13.5. The van der Waals surface area contributed by atoms with Crippen molar-refractivity contribution in [3.63, 3.8) is 0 Å². The van der Waals surface area contributed by atoms with Crippen molar-refractivity contribution < 1.29 is 101 Å². The van der Waals surface area contributed by atoms with Crippen molar-refractivity contribution in [3.8, 4) is 57.5 Å². The number of benzene rings is 4. The van der Waals surface area contributed by atoms with E-state index in [1.165, 1.54) is 28.4 Å². The molecule has 14 atom stereocenters. The van der Waals surface area contributed by atoms with Crippen LogP contribution >= 0.6 is 0 Å². The van der Waals surface area contributed by atoms with Crippen LogP contribution in [0, 0.1) is 23.7 Å². The molecule has 0 amide bonds. The van der Waals surface area contributed by atoms with E-state index >= 15 is 0 Å². The molecule has 4 aromatic carbocycles. The van der Waals surface area contributed by atoms with Crippen molar-refractivity contribution in [2.24, 2.45) is 23.7 Å². The van der Waals surface area contributed by atoms with Crippen LogP contribution in [0.25, 0.3) is 0 Å². The molecule has 21 heteroatoms. The lowest BCUT2D eigenvalue weighted by Gasteiger charge is -2.47. The van der Waals surface area contributed by atoms with Crippen molar-refractivity contribution in [2.45, 2.75) is 68.0 Å². The first-order chi connectivity index (χ1) is 35.4. The molecular weight excluding hydrogens is 961 g/mol. The number of aliphatic hydroxyl groups excluding tert-OH is 3. The summed E-state index contributed by atoms with van der Waals surface area (Å²) in [6.45, 7) is 2.28. The van der Waals surface area contributed by atoms with E-state index in [1.807, 2.05) is 42.5 Å². The Kier molecular flexibility index (Phi) is 13.0. The second-order valence-electron chi connectivity index (χ2n) is 18.7. The quantitative estimate of drug-likeness (QED) is 0.190. The Morgan fingerprint density at radius 2 is 0.959 bits per heavy atom. The lowest BCUT2D eigenvalue weighted by atomic mass is 9.66. The number of methoxy groups -OCH3 is 6. The SMILES string of the molecule is COc1cc([C@@H]2c3cc4c(cc3[C@@H](OC3OC5COC(C)OC5C(O)C3O)[C@H]3COC(=O)[C@H]23)OCO4)cc(OC)c1OC.COc1cc([C@@H]2c3cc4c(cc3[C@H](O)[C@H]3COC(=O)[C@H]23)OCO4)cc(OC)c1OC. The Balaban J connectivity index is 0.000000168. The van der Waals surface area contributed by atoms with Gasteiger partial charge in [-0.05, 0) is 88.8 Å². The van der Waals surface area contributed by atoms with Gasteiger partial charge in [0.1, 0.15) is 24.4 Å². The van der Waals surface area contributed by atoms with Crippen molar-refractivity contribution in [1.29, 1.82) is 0 Å². The predicted octanol–water partition coefficient (Wildman–Crippen LogP) is 4.05. The molecule has 73 heavy (non-hydrogen) atoms. The van der Waals surface area contributed by atoms with E-state index in [-0.39, 0.29) is 51.2 Å². The van der Waals surface area contributed by atoms with E-state index in [4.69, 9.17) is 75.8 Å². The molecule has 6 heterocycles. The summed E-state index contributed by atoms with van der Waals surface area (Å²) in [4.78, 5) is 26.2. The van der Waals surface area contributed by atoms with Gasteiger partial charge < -0.3 is 91.1 Å². The fourth-order valence-corrected chi connectivity index (χ4v) is 11.7. The van der Waals surface area contributed by atoms with Crippen molar-refractivity contribution >= 4 is 11.9 Å². The lowest BCUT2D eigenvalue weighted by molar-refractivity contribution is -0.364. The van der Waals surface area contributed by atoms with Crippen LogP contribution in [0.3, 0.4) is 0 Å². The van der Waals surface area contributed by atoms with Crippen LogP contribution in [0.15, 0.2) is 48.5 Å². The van der Waals surface area contributed by atoms with E-state index in [2.05, 4.69) is 0 Å². The molecule has 6 unspecified atom stereocenters. The van der Waals surface area contributed by atoms with E-state index in [9.17, 15) is 24.9 Å². The Morgan fingerprint density at radius 3 is 1.45 bits per heavy atom. The summed E-state index contributed by atoms with van der Waals surface area (Å²) >= 11 is 0. The number of fused-ring (bicyclic) bond motifs is 7. The minimum Gasteiger partial charge on any atom is -0.493 e. The van der Waals surface area contributed by atoms with Crippen LogP contribution in [0.5, 0.6) is 57.5 Å². The zero-order valence-electron chi connectivity index (χ0n) is 40.9. The number of aliphatic hydroxyl groups is 3. The highest BCUT2D eigenvalue weighted by molar-refractivity contribution is 5.80. The van der Waals surface area contributed by atoms with Crippen LogP contribution in [0.1, 0.15) is 64.3 Å². The van der Waals surface area contributed by atoms with Gasteiger partial charge >= 0.3 is 11.9 Å². The van der Waals surface area contributed by atoms with Gasteiger partial charge in [-0.25, -0.2) is 0 Å². The molecule has 8 aliphatic rings. The summed E-state index contributed by atoms with van der Waals surface area (Å²) in [5, 5.41) is 33.0. The molecule has 4 aromatic rings. The molecule has 12 rings (SSSR count). The number of esters is 2. The van der Waals surface area contributed by atoms with Crippen molar-refractivity contribution in [2.75, 3.05) is 76.1 Å². The van der Waals surface area contributed by atoms with Gasteiger partial charge in [0.15, 0.2) is 58.6 Å². The lowest BCUT2D eigenvalue weighted by Crippen LogP contribution is -2.63. The monoisotopic (exact) mass is 1020 g/mol. The zero-order valence-corrected chi connectivity index (χ0v) is 40.9. The number of cyclic esters (lactones) is 2. The number of carbonyl (C=O) groups excluding carboxylic acids is 2. The molecule has 0 aromatic heterocycles. The molecule has 4 saturated heterocycles. The highest BCUT2D eigenvalue weighted by atomic mass is 16.8. The van der Waals surface area contributed by atoms with Gasteiger partial charge in [-0.2, -0.15) is 0 Å². The van der Waals surface area contributed by atoms with Crippen LogP contribution < -0.4 is 47.4 Å². The van der Waals surface area contributed by atoms with Gasteiger partial charge in [-0.1, -0.05) is 0 Å². The Hall–Kier alpha value is -6.46. The molecule has 0 spiro atoms. The van der Waals surface area contributed by atoms with Gasteiger partial charge in [0.25, 0.3) is 0 Å². The molecule has 0 saturated carbocycles. The fourth-order valence-electron chi connectivity index (χ4n) is 11.7. The fraction of sp³-hybridized carbons (Fsp3) is 0.500. The second kappa shape index (κ2) is 19.4. The standard InChI is InChI=1S/C30H34O13.C22H22O8/c1-12-37-10-21-28(41-12)24(31)25(32)30(42-21)43-26-15-8-18-17(39-11-40-18)7-14(15)22(23-16(26)9-38-29(23)33)13-5-19(34-2)27(36-4)20(6-13)35-3;1-25-16-4-10(5-17(26-2)21(16)27-3)18-11-6-14-15(30-9-29-14)7-12(11)20(23)13-8-28-22(24)19(13)18/h5-8,12,16,21-26,28,30-32H,9-11H2,1-4H3;4-7,13,18-20,23H,8-9H2,1-3H3/t12?,16-,21?,22+,23-,24?,25?,26+,28?,30?;13-,18+,19-,20-/m00/s1.